The van der Waals surface area contributed by atoms with Crippen LogP contribution in [0.3, 0.4) is 0 Å². The fourth-order valence-electron chi connectivity index (χ4n) is 3.06. The summed E-state index contributed by atoms with van der Waals surface area (Å²) in [5.41, 5.74) is 7.80. The zero-order chi connectivity index (χ0) is 13.9. The minimum atomic E-state index is 0.211. The molecule has 0 spiro atoms. The summed E-state index contributed by atoms with van der Waals surface area (Å²) >= 11 is 7.38. The van der Waals surface area contributed by atoms with Gasteiger partial charge in [0.25, 0.3) is 0 Å². The summed E-state index contributed by atoms with van der Waals surface area (Å²) in [4.78, 5) is 2.72. The smallest absolute Gasteiger partial charge is 0.0348 e. The second kappa shape index (κ2) is 6.88. The van der Waals surface area contributed by atoms with E-state index in [0.29, 0.717) is 0 Å². The Kier molecular flexibility index (Phi) is 5.70. The molecule has 0 aromatic heterocycles. The molecule has 1 nitrogen and oxygen atoms in total. The largest absolute Gasteiger partial charge is 0.330 e. The van der Waals surface area contributed by atoms with Gasteiger partial charge in [0, 0.05) is 26.2 Å². The van der Waals surface area contributed by atoms with Crippen LogP contribution in [0.15, 0.2) is 26.4 Å². The first-order chi connectivity index (χ1) is 9.16. The molecule has 1 aliphatic carbocycles. The lowest BCUT2D eigenvalue weighted by Gasteiger charge is -2.37. The monoisotopic (exact) mass is 359 g/mol. The Bertz CT molecular complexity index is 442. The minimum absolute atomic E-state index is 0.211. The van der Waals surface area contributed by atoms with Crippen molar-refractivity contribution in [3.05, 3.63) is 22.2 Å². The molecule has 0 unspecified atom stereocenters. The Balaban J connectivity index is 2.46. The second-order valence-corrected chi connectivity index (χ2v) is 7.76. The van der Waals surface area contributed by atoms with Crippen LogP contribution in [0.25, 0.3) is 0 Å². The third kappa shape index (κ3) is 3.17. The van der Waals surface area contributed by atoms with Gasteiger partial charge in [-0.1, -0.05) is 19.3 Å². The van der Waals surface area contributed by atoms with Crippen LogP contribution in [0.4, 0.5) is 0 Å². The fraction of sp³-hybridized carbons (Fsp3) is 0.600. The van der Waals surface area contributed by atoms with E-state index >= 15 is 0 Å². The molecular formula is C15H22BrNS2. The van der Waals surface area contributed by atoms with Gasteiger partial charge in [0.1, 0.15) is 0 Å². The normalized spacial score (nSPS) is 18.5. The Hall–Kier alpha value is 0.360. The molecule has 0 bridgehead atoms. The van der Waals surface area contributed by atoms with Crippen molar-refractivity contribution in [3.63, 3.8) is 0 Å². The van der Waals surface area contributed by atoms with Gasteiger partial charge in [-0.2, -0.15) is 0 Å². The van der Waals surface area contributed by atoms with Crippen LogP contribution in [-0.2, 0) is 5.41 Å². The molecule has 1 fully saturated rings. The first kappa shape index (κ1) is 15.7. The number of benzene rings is 1. The molecule has 0 aliphatic heterocycles. The van der Waals surface area contributed by atoms with E-state index in [4.69, 9.17) is 5.73 Å². The highest BCUT2D eigenvalue weighted by atomic mass is 79.9. The van der Waals surface area contributed by atoms with Crippen molar-refractivity contribution in [2.45, 2.75) is 47.3 Å². The fourth-order valence-corrected chi connectivity index (χ4v) is 5.69. The first-order valence-electron chi connectivity index (χ1n) is 6.79. The Labute approximate surface area is 133 Å². The molecule has 0 amide bonds. The third-order valence-corrected chi connectivity index (χ3v) is 6.87. The van der Waals surface area contributed by atoms with Crippen LogP contribution < -0.4 is 5.73 Å². The molecule has 1 aromatic rings. The van der Waals surface area contributed by atoms with E-state index in [1.807, 2.05) is 23.5 Å². The molecule has 0 heterocycles. The van der Waals surface area contributed by atoms with E-state index in [1.165, 1.54) is 51.9 Å². The molecule has 0 saturated heterocycles. The van der Waals surface area contributed by atoms with Crippen LogP contribution in [0.1, 0.15) is 37.7 Å². The molecule has 1 aromatic carbocycles. The van der Waals surface area contributed by atoms with Crippen LogP contribution >= 0.6 is 39.5 Å². The molecule has 4 heteroatoms. The topological polar surface area (TPSA) is 26.0 Å². The summed E-state index contributed by atoms with van der Waals surface area (Å²) in [6, 6.07) is 4.68. The molecule has 0 radical (unpaired) electrons. The van der Waals surface area contributed by atoms with E-state index in [0.717, 1.165) is 6.54 Å². The number of nitrogens with two attached hydrogens (primary N) is 1. The lowest BCUT2D eigenvalue weighted by molar-refractivity contribution is 0.300. The lowest BCUT2D eigenvalue weighted by atomic mass is 9.69. The van der Waals surface area contributed by atoms with Gasteiger partial charge in [-0.3, -0.25) is 0 Å². The maximum Gasteiger partial charge on any atom is 0.0348 e. The van der Waals surface area contributed by atoms with Crippen molar-refractivity contribution in [3.8, 4) is 0 Å². The zero-order valence-corrected chi connectivity index (χ0v) is 14.9. The van der Waals surface area contributed by atoms with Gasteiger partial charge in [0.05, 0.1) is 0 Å². The molecule has 2 N–H and O–H groups in total. The van der Waals surface area contributed by atoms with E-state index in [9.17, 15) is 0 Å². The average molecular weight is 360 g/mol. The summed E-state index contributed by atoms with van der Waals surface area (Å²) in [6.07, 6.45) is 10.8. The highest BCUT2D eigenvalue weighted by molar-refractivity contribution is 9.10. The van der Waals surface area contributed by atoms with Crippen LogP contribution in [0.5, 0.6) is 0 Å². The number of hydrogen-bond acceptors (Lipinski definition) is 3. The maximum atomic E-state index is 6.16. The van der Waals surface area contributed by atoms with E-state index in [-0.39, 0.29) is 5.41 Å². The molecule has 106 valence electrons. The highest BCUT2D eigenvalue weighted by Crippen LogP contribution is 2.43. The SMILES string of the molecule is CSc1cc(C2(CN)CCCCC2)cc(Br)c1SC. The van der Waals surface area contributed by atoms with E-state index < -0.39 is 0 Å². The highest BCUT2D eigenvalue weighted by Gasteiger charge is 2.33. The molecule has 1 aliphatic rings. The number of hydrogen-bond donors (Lipinski definition) is 1. The summed E-state index contributed by atoms with van der Waals surface area (Å²) in [5.74, 6) is 0. The second-order valence-electron chi connectivity index (χ2n) is 5.24. The molecule has 1 saturated carbocycles. The van der Waals surface area contributed by atoms with Crippen LogP contribution in [0, 0.1) is 0 Å². The van der Waals surface area contributed by atoms with Gasteiger partial charge in [-0.15, -0.1) is 23.5 Å². The lowest BCUT2D eigenvalue weighted by Crippen LogP contribution is -2.37. The summed E-state index contributed by atoms with van der Waals surface area (Å²) < 4.78 is 1.22. The number of thioether (sulfide) groups is 2. The molecule has 19 heavy (non-hydrogen) atoms. The molecule has 2 rings (SSSR count). The Morgan fingerprint density at radius 2 is 1.84 bits per heavy atom. The predicted octanol–water partition coefficient (Wildman–Crippen LogP) is 5.05. The van der Waals surface area contributed by atoms with Gasteiger partial charge in [-0.25, -0.2) is 0 Å². The van der Waals surface area contributed by atoms with Crippen molar-refractivity contribution in [1.82, 2.24) is 0 Å². The van der Waals surface area contributed by atoms with Gasteiger partial charge >= 0.3 is 0 Å². The van der Waals surface area contributed by atoms with Gasteiger partial charge in [-0.05, 0) is 59.0 Å². The zero-order valence-electron chi connectivity index (χ0n) is 11.7. The van der Waals surface area contributed by atoms with Crippen molar-refractivity contribution < 1.29 is 0 Å². The van der Waals surface area contributed by atoms with Crippen molar-refractivity contribution >= 4 is 39.5 Å². The van der Waals surface area contributed by atoms with E-state index in [2.05, 4.69) is 40.6 Å². The third-order valence-electron chi connectivity index (χ3n) is 4.25. The summed E-state index contributed by atoms with van der Waals surface area (Å²) in [7, 11) is 0. The predicted molar refractivity (Wildman–Crippen MR) is 91.5 cm³/mol. The number of halogens is 1. The van der Waals surface area contributed by atoms with Crippen molar-refractivity contribution in [1.29, 1.82) is 0 Å². The Morgan fingerprint density at radius 3 is 2.37 bits per heavy atom. The molecular weight excluding hydrogens is 338 g/mol. The van der Waals surface area contributed by atoms with E-state index in [1.54, 1.807) is 0 Å². The number of rotatable bonds is 4. The molecule has 0 atom stereocenters. The van der Waals surface area contributed by atoms with Crippen molar-refractivity contribution in [2.75, 3.05) is 19.1 Å². The standard InChI is InChI=1S/C15H22BrNS2/c1-18-13-9-11(8-12(16)14(13)19-2)15(10-17)6-4-3-5-7-15/h8-9H,3-7,10,17H2,1-2H3. The summed E-state index contributed by atoms with van der Waals surface area (Å²) in [6.45, 7) is 0.770. The van der Waals surface area contributed by atoms with Gasteiger partial charge < -0.3 is 5.73 Å². The van der Waals surface area contributed by atoms with Crippen LogP contribution in [-0.4, -0.2) is 19.1 Å². The average Bonchev–Trinajstić information content (AvgIpc) is 2.47. The quantitative estimate of drug-likeness (QED) is 0.761. The Morgan fingerprint density at radius 1 is 1.16 bits per heavy atom. The summed E-state index contributed by atoms with van der Waals surface area (Å²) in [5, 5.41) is 0. The first-order valence-corrected chi connectivity index (χ1v) is 10.0. The minimum Gasteiger partial charge on any atom is -0.330 e. The maximum absolute atomic E-state index is 6.16. The van der Waals surface area contributed by atoms with Crippen LogP contribution in [0.2, 0.25) is 0 Å². The van der Waals surface area contributed by atoms with Gasteiger partial charge in [0.15, 0.2) is 0 Å². The van der Waals surface area contributed by atoms with Gasteiger partial charge in [0.2, 0.25) is 0 Å². The van der Waals surface area contributed by atoms with Crippen molar-refractivity contribution in [2.24, 2.45) is 5.73 Å².